The summed E-state index contributed by atoms with van der Waals surface area (Å²) in [7, 11) is -9.92. The summed E-state index contributed by atoms with van der Waals surface area (Å²) < 4.78 is 68.7. The molecular weight excluding hydrogens is 1340 g/mol. The van der Waals surface area contributed by atoms with Crippen LogP contribution in [0.4, 0.5) is 0 Å². The second-order valence-corrected chi connectivity index (χ2v) is 34.3. The zero-order valence-corrected chi connectivity index (χ0v) is 69.6. The van der Waals surface area contributed by atoms with Crippen molar-refractivity contribution in [2.24, 2.45) is 17.8 Å². The molecule has 0 saturated carbocycles. The van der Waals surface area contributed by atoms with Crippen molar-refractivity contribution in [3.8, 4) is 0 Å². The zero-order chi connectivity index (χ0) is 75.8. The quantitative estimate of drug-likeness (QED) is 0.0222. The summed E-state index contributed by atoms with van der Waals surface area (Å²) in [5.74, 6) is 0.357. The minimum absolute atomic E-state index is 0.107. The van der Waals surface area contributed by atoms with E-state index in [9.17, 15) is 43.2 Å². The van der Waals surface area contributed by atoms with Gasteiger partial charge >= 0.3 is 39.5 Å². The number of hydrogen-bond donors (Lipinski definition) is 3. The van der Waals surface area contributed by atoms with Gasteiger partial charge in [-0.3, -0.25) is 37.3 Å². The molecule has 0 aromatic carbocycles. The average Bonchev–Trinajstić information content (AvgIpc) is 0.913. The Hall–Kier alpha value is -1.94. The van der Waals surface area contributed by atoms with Crippen molar-refractivity contribution in [2.75, 3.05) is 39.6 Å². The summed E-state index contributed by atoms with van der Waals surface area (Å²) >= 11 is 0. The van der Waals surface area contributed by atoms with E-state index in [2.05, 4.69) is 48.5 Å². The minimum Gasteiger partial charge on any atom is -0.462 e. The Morgan fingerprint density at radius 3 is 0.738 bits per heavy atom. The maximum Gasteiger partial charge on any atom is 0.472 e. The lowest BCUT2D eigenvalue weighted by Gasteiger charge is -2.21. The largest absolute Gasteiger partial charge is 0.472 e. The van der Waals surface area contributed by atoms with Crippen molar-refractivity contribution in [3.63, 3.8) is 0 Å². The first kappa shape index (κ1) is 101. The molecule has 0 bridgehead atoms. The highest BCUT2D eigenvalue weighted by Gasteiger charge is 2.30. The van der Waals surface area contributed by atoms with E-state index in [1.54, 1.807) is 0 Å². The zero-order valence-electron chi connectivity index (χ0n) is 67.8. The summed E-state index contributed by atoms with van der Waals surface area (Å²) in [5.41, 5.74) is 0. The smallest absolute Gasteiger partial charge is 0.462 e. The van der Waals surface area contributed by atoms with Gasteiger partial charge in [-0.05, 0) is 43.4 Å². The van der Waals surface area contributed by atoms with Crippen molar-refractivity contribution in [2.45, 2.75) is 458 Å². The molecule has 0 aliphatic rings. The predicted octanol–water partition coefficient (Wildman–Crippen LogP) is 25.3. The van der Waals surface area contributed by atoms with Crippen LogP contribution < -0.4 is 0 Å². The molecule has 612 valence electrons. The number of aliphatic hydroxyl groups excluding tert-OH is 1. The summed E-state index contributed by atoms with van der Waals surface area (Å²) in [6.45, 7) is 12.0. The first-order valence-electron chi connectivity index (χ1n) is 43.4. The molecule has 17 nitrogen and oxygen atoms in total. The van der Waals surface area contributed by atoms with Gasteiger partial charge in [0.25, 0.3) is 0 Å². The van der Waals surface area contributed by atoms with E-state index in [0.29, 0.717) is 25.7 Å². The number of ether oxygens (including phenoxy) is 4. The highest BCUT2D eigenvalue weighted by Crippen LogP contribution is 2.45. The van der Waals surface area contributed by atoms with E-state index >= 15 is 0 Å². The van der Waals surface area contributed by atoms with E-state index in [1.165, 1.54) is 238 Å². The molecule has 3 unspecified atom stereocenters. The molecule has 6 atom stereocenters. The third kappa shape index (κ3) is 76.6. The number of unbranched alkanes of at least 4 members (excludes halogenated alkanes) is 49. The van der Waals surface area contributed by atoms with Crippen molar-refractivity contribution < 1.29 is 80.2 Å². The molecule has 0 spiro atoms. The molecule has 0 fully saturated rings. The Morgan fingerprint density at radius 1 is 0.282 bits per heavy atom. The van der Waals surface area contributed by atoms with Gasteiger partial charge in [-0.1, -0.05) is 389 Å². The number of carbonyl (C=O) groups excluding carboxylic acids is 4. The second kappa shape index (κ2) is 74.2. The minimum atomic E-state index is -4.96. The van der Waals surface area contributed by atoms with Crippen LogP contribution in [0.15, 0.2) is 0 Å². The van der Waals surface area contributed by atoms with Gasteiger partial charge in [-0.15, -0.1) is 0 Å². The third-order valence-electron chi connectivity index (χ3n) is 20.0. The predicted molar refractivity (Wildman–Crippen MR) is 423 cm³/mol. The Kier molecular flexibility index (Phi) is 72.8. The van der Waals surface area contributed by atoms with E-state index in [0.717, 1.165) is 120 Å². The fourth-order valence-electron chi connectivity index (χ4n) is 13.0. The lowest BCUT2D eigenvalue weighted by Crippen LogP contribution is -2.30. The highest BCUT2D eigenvalue weighted by molar-refractivity contribution is 7.47. The molecule has 0 amide bonds. The summed E-state index contributed by atoms with van der Waals surface area (Å²) in [4.78, 5) is 73.0. The van der Waals surface area contributed by atoms with E-state index in [-0.39, 0.29) is 25.7 Å². The van der Waals surface area contributed by atoms with Gasteiger partial charge in [0.15, 0.2) is 12.2 Å². The molecule has 0 radical (unpaired) electrons. The molecule has 0 heterocycles. The number of carbonyl (C=O) groups is 4. The summed E-state index contributed by atoms with van der Waals surface area (Å²) in [6.07, 6.45) is 63.9. The lowest BCUT2D eigenvalue weighted by atomic mass is 9.99. The summed E-state index contributed by atoms with van der Waals surface area (Å²) in [5, 5.41) is 10.6. The number of rotatable bonds is 82. The highest BCUT2D eigenvalue weighted by atomic mass is 31.2. The van der Waals surface area contributed by atoms with Gasteiger partial charge in [-0.25, -0.2) is 9.13 Å². The van der Waals surface area contributed by atoms with Crippen LogP contribution in [0.25, 0.3) is 0 Å². The number of phosphoric ester groups is 2. The normalized spacial score (nSPS) is 14.2. The van der Waals surface area contributed by atoms with Crippen LogP contribution in [0.2, 0.25) is 0 Å². The Morgan fingerprint density at radius 2 is 0.495 bits per heavy atom. The Bertz CT molecular complexity index is 1990. The van der Waals surface area contributed by atoms with Gasteiger partial charge < -0.3 is 33.8 Å². The topological polar surface area (TPSA) is 237 Å². The first-order valence-corrected chi connectivity index (χ1v) is 46.4. The maximum absolute atomic E-state index is 13.1. The number of aliphatic hydroxyl groups is 1. The van der Waals surface area contributed by atoms with Crippen molar-refractivity contribution in [3.05, 3.63) is 0 Å². The van der Waals surface area contributed by atoms with E-state index in [4.69, 9.17) is 37.0 Å². The fraction of sp³-hybridized carbons (Fsp3) is 0.952. The van der Waals surface area contributed by atoms with Crippen LogP contribution in [0.3, 0.4) is 0 Å². The van der Waals surface area contributed by atoms with Gasteiger partial charge in [0.05, 0.1) is 26.4 Å². The van der Waals surface area contributed by atoms with Crippen molar-refractivity contribution in [1.82, 2.24) is 0 Å². The molecule has 3 N–H and O–H groups in total. The SMILES string of the molecule is CCCCCCCCCC(=O)OC[C@H](COP(=O)(O)OC[C@H](O)COP(=O)(O)OC[C@@H](COC(=O)CCCCCCCCCCCCCCCCCCC(C)C)OC(=O)CCCCCCCCCCCCCCCCCCC(C)C)OC(=O)CCCCCCCCCCCCCCCCC(C)CC. The van der Waals surface area contributed by atoms with Gasteiger partial charge in [-0.2, -0.15) is 0 Å². The number of phosphoric acid groups is 2. The fourth-order valence-corrected chi connectivity index (χ4v) is 14.6. The summed E-state index contributed by atoms with van der Waals surface area (Å²) in [6, 6.07) is 0. The molecule has 103 heavy (non-hydrogen) atoms. The van der Waals surface area contributed by atoms with Crippen molar-refractivity contribution >= 4 is 39.5 Å². The first-order chi connectivity index (χ1) is 49.8. The van der Waals surface area contributed by atoms with E-state index < -0.39 is 97.5 Å². The van der Waals surface area contributed by atoms with Gasteiger partial charge in [0, 0.05) is 25.7 Å². The monoisotopic (exact) mass is 1510 g/mol. The van der Waals surface area contributed by atoms with Crippen LogP contribution in [0.1, 0.15) is 440 Å². The second-order valence-electron chi connectivity index (χ2n) is 31.4. The van der Waals surface area contributed by atoms with Crippen LogP contribution in [0, 0.1) is 17.8 Å². The van der Waals surface area contributed by atoms with Gasteiger partial charge in [0.1, 0.15) is 19.3 Å². The molecule has 0 aliphatic heterocycles. The standard InChI is InChI=1S/C84H164O17P2/c1-8-10-11-12-41-51-58-65-81(86)94-71-79(100-83(88)67-61-54-47-40-34-28-22-21-25-31-37-44-50-57-64-77(7)9-2)73-98-102(90,91)96-69-78(85)70-97-103(92,93)99-74-80(101-84(89)68-60-53-46-39-33-27-20-16-14-18-24-30-36-43-49-56-63-76(5)6)72-95-82(87)66-59-52-45-38-32-26-19-15-13-17-23-29-35-42-48-55-62-75(3)4/h75-80,85H,8-74H2,1-7H3,(H,90,91)(H,92,93)/t77?,78-,79+,80+/m0/s1. The van der Waals surface area contributed by atoms with Crippen molar-refractivity contribution in [1.29, 1.82) is 0 Å². The molecule has 0 aliphatic carbocycles. The van der Waals surface area contributed by atoms with Gasteiger partial charge in [0.2, 0.25) is 0 Å². The molecule has 0 rings (SSSR count). The van der Waals surface area contributed by atoms with Crippen LogP contribution in [-0.2, 0) is 65.4 Å². The molecular formula is C84H164O17P2. The molecule has 0 saturated heterocycles. The molecule has 0 aromatic heterocycles. The van der Waals surface area contributed by atoms with E-state index in [1.807, 2.05) is 0 Å². The maximum atomic E-state index is 13.1. The Balaban J connectivity index is 5.17. The van der Waals surface area contributed by atoms with Crippen LogP contribution in [-0.4, -0.2) is 96.7 Å². The number of esters is 4. The lowest BCUT2D eigenvalue weighted by molar-refractivity contribution is -0.161. The molecule has 19 heteroatoms. The average molecular weight is 1510 g/mol. The van der Waals surface area contributed by atoms with Crippen LogP contribution >= 0.6 is 15.6 Å². The Labute approximate surface area is 632 Å². The van der Waals surface area contributed by atoms with Crippen LogP contribution in [0.5, 0.6) is 0 Å². The molecule has 0 aromatic rings. The third-order valence-corrected chi connectivity index (χ3v) is 21.9. The number of hydrogen-bond acceptors (Lipinski definition) is 15.